The van der Waals surface area contributed by atoms with Crippen LogP contribution in [0.3, 0.4) is 0 Å². The van der Waals surface area contributed by atoms with E-state index < -0.39 is 0 Å². The minimum absolute atomic E-state index is 0.0214. The second-order valence-corrected chi connectivity index (χ2v) is 11.5. The maximum Gasteiger partial charge on any atom is 0.226 e. The summed E-state index contributed by atoms with van der Waals surface area (Å²) in [4.78, 5) is 20.1. The molecule has 6 nitrogen and oxygen atoms in total. The van der Waals surface area contributed by atoms with Crippen molar-refractivity contribution in [3.05, 3.63) is 95.6 Å². The lowest BCUT2D eigenvalue weighted by molar-refractivity contribution is -0.116. The second kappa shape index (κ2) is 11.4. The lowest BCUT2D eigenvalue weighted by Crippen LogP contribution is -2.33. The van der Waals surface area contributed by atoms with Crippen molar-refractivity contribution >= 4 is 39.7 Å². The van der Waals surface area contributed by atoms with E-state index in [-0.39, 0.29) is 18.0 Å². The van der Waals surface area contributed by atoms with E-state index in [1.54, 1.807) is 0 Å². The number of carbonyl (C=O) groups is 1. The van der Waals surface area contributed by atoms with Crippen LogP contribution in [0.2, 0.25) is 0 Å². The van der Waals surface area contributed by atoms with Crippen molar-refractivity contribution in [3.63, 3.8) is 0 Å². The van der Waals surface area contributed by atoms with Gasteiger partial charge in [0.1, 0.15) is 0 Å². The third-order valence-electron chi connectivity index (χ3n) is 8.62. The Bertz CT molecular complexity index is 1520. The van der Waals surface area contributed by atoms with E-state index in [0.29, 0.717) is 24.1 Å². The molecule has 4 aromatic rings. The molecule has 2 aliphatic rings. The molecule has 40 heavy (non-hydrogen) atoms. The van der Waals surface area contributed by atoms with Gasteiger partial charge < -0.3 is 20.1 Å². The molecule has 1 amide bonds. The molecule has 3 heterocycles. The number of aryl methyl sites for hydroxylation is 1. The van der Waals surface area contributed by atoms with Crippen LogP contribution >= 0.6 is 12.2 Å². The number of hydrogen-bond donors (Lipinski definition) is 2. The highest BCUT2D eigenvalue weighted by atomic mass is 32.1. The predicted octanol–water partition coefficient (Wildman–Crippen LogP) is 7.16. The van der Waals surface area contributed by atoms with Gasteiger partial charge in [-0.25, -0.2) is 0 Å². The van der Waals surface area contributed by atoms with E-state index in [1.807, 2.05) is 48.7 Å². The van der Waals surface area contributed by atoms with Crippen molar-refractivity contribution in [3.8, 4) is 0 Å². The van der Waals surface area contributed by atoms with Gasteiger partial charge in [0, 0.05) is 47.7 Å². The van der Waals surface area contributed by atoms with E-state index in [0.717, 1.165) is 22.2 Å². The summed E-state index contributed by atoms with van der Waals surface area (Å²) in [7, 11) is 0. The standard InChI is InChI=1S/C33H37N5OS/c1-22-21-27(23(2)38(22)25-13-4-3-5-14-25)32-31(29-16-8-9-19-34-29)36-33(40)37(32)20-18-30(39)35-28-17-10-12-24-11-6-7-15-26(24)28/h6-12,15-17,19,21,25,31-32H,3-5,13-14,18,20H2,1-2H3,(H,35,39)(H,36,40)/t31-,32-/m1/s1. The van der Waals surface area contributed by atoms with Crippen LogP contribution in [-0.2, 0) is 4.79 Å². The minimum atomic E-state index is -0.0878. The highest BCUT2D eigenvalue weighted by molar-refractivity contribution is 7.80. The number of anilines is 1. The molecule has 2 aromatic carbocycles. The Balaban J connectivity index is 1.28. The lowest BCUT2D eigenvalue weighted by Gasteiger charge is -2.29. The van der Waals surface area contributed by atoms with Gasteiger partial charge in [-0.1, -0.05) is 61.7 Å². The molecule has 2 atom stereocenters. The lowest BCUT2D eigenvalue weighted by atomic mass is 9.94. The van der Waals surface area contributed by atoms with E-state index in [4.69, 9.17) is 17.2 Å². The molecule has 2 aromatic heterocycles. The molecule has 1 saturated heterocycles. The molecule has 2 fully saturated rings. The summed E-state index contributed by atoms with van der Waals surface area (Å²) in [5.41, 5.74) is 5.66. The molecular formula is C33H37N5OS. The van der Waals surface area contributed by atoms with E-state index in [1.165, 1.54) is 49.1 Å². The first-order valence-corrected chi connectivity index (χ1v) is 14.9. The fourth-order valence-corrected chi connectivity index (χ4v) is 7.09. The largest absolute Gasteiger partial charge is 0.352 e. The summed E-state index contributed by atoms with van der Waals surface area (Å²) in [6, 6.07) is 22.9. The summed E-state index contributed by atoms with van der Waals surface area (Å²) in [5, 5.41) is 9.52. The van der Waals surface area contributed by atoms with Crippen molar-refractivity contribution in [1.82, 2.24) is 19.8 Å². The van der Waals surface area contributed by atoms with Crippen LogP contribution in [0.15, 0.2) is 72.9 Å². The molecule has 1 aliphatic heterocycles. The van der Waals surface area contributed by atoms with Crippen molar-refractivity contribution < 1.29 is 4.79 Å². The topological polar surface area (TPSA) is 62.2 Å². The van der Waals surface area contributed by atoms with Gasteiger partial charge in [0.25, 0.3) is 0 Å². The van der Waals surface area contributed by atoms with Gasteiger partial charge >= 0.3 is 0 Å². The number of hydrogen-bond acceptors (Lipinski definition) is 3. The average molecular weight is 552 g/mol. The van der Waals surface area contributed by atoms with Gasteiger partial charge in [0.2, 0.25) is 5.91 Å². The number of aromatic nitrogens is 2. The van der Waals surface area contributed by atoms with Crippen molar-refractivity contribution in [2.45, 2.75) is 70.5 Å². The number of carbonyl (C=O) groups excluding carboxylic acids is 1. The number of benzene rings is 2. The smallest absolute Gasteiger partial charge is 0.226 e. The zero-order valence-corrected chi connectivity index (χ0v) is 24.1. The Morgan fingerprint density at radius 3 is 2.60 bits per heavy atom. The number of rotatable bonds is 7. The molecule has 0 spiro atoms. The van der Waals surface area contributed by atoms with Crippen molar-refractivity contribution in [2.24, 2.45) is 0 Å². The molecule has 0 radical (unpaired) electrons. The van der Waals surface area contributed by atoms with Crippen LogP contribution in [0.4, 0.5) is 5.69 Å². The van der Waals surface area contributed by atoms with Crippen LogP contribution in [0.5, 0.6) is 0 Å². The maximum atomic E-state index is 13.2. The summed E-state index contributed by atoms with van der Waals surface area (Å²) in [6.45, 7) is 4.99. The Morgan fingerprint density at radius 2 is 1.80 bits per heavy atom. The van der Waals surface area contributed by atoms with Gasteiger partial charge in [-0.2, -0.15) is 0 Å². The first-order chi connectivity index (χ1) is 19.5. The van der Waals surface area contributed by atoms with Crippen molar-refractivity contribution in [1.29, 1.82) is 0 Å². The number of pyridine rings is 1. The third kappa shape index (κ3) is 5.10. The molecule has 1 aliphatic carbocycles. The van der Waals surface area contributed by atoms with Gasteiger partial charge in [-0.05, 0) is 74.1 Å². The fraction of sp³-hybridized carbons (Fsp3) is 0.364. The number of thiocarbonyl (C=S) groups is 1. The van der Waals surface area contributed by atoms with E-state index >= 15 is 0 Å². The highest BCUT2D eigenvalue weighted by Crippen LogP contribution is 2.42. The number of nitrogens with zero attached hydrogens (tertiary/aromatic N) is 3. The van der Waals surface area contributed by atoms with E-state index in [2.05, 4.69) is 58.2 Å². The second-order valence-electron chi connectivity index (χ2n) is 11.1. The molecule has 2 N–H and O–H groups in total. The third-order valence-corrected chi connectivity index (χ3v) is 8.98. The summed E-state index contributed by atoms with van der Waals surface area (Å²) in [5.74, 6) is -0.0214. The monoisotopic (exact) mass is 551 g/mol. The molecule has 6 rings (SSSR count). The molecule has 0 unspecified atom stereocenters. The van der Waals surface area contributed by atoms with Crippen LogP contribution in [0.25, 0.3) is 10.8 Å². The Kier molecular flexibility index (Phi) is 7.57. The average Bonchev–Trinajstić information content (AvgIpc) is 3.47. The maximum absolute atomic E-state index is 13.2. The zero-order valence-electron chi connectivity index (χ0n) is 23.3. The van der Waals surface area contributed by atoms with Gasteiger partial charge in [-0.3, -0.25) is 9.78 Å². The molecule has 0 bridgehead atoms. The Labute approximate surface area is 241 Å². The van der Waals surface area contributed by atoms with Gasteiger partial charge in [-0.15, -0.1) is 0 Å². The number of fused-ring (bicyclic) bond motifs is 1. The molecule has 1 saturated carbocycles. The van der Waals surface area contributed by atoms with Crippen molar-refractivity contribution in [2.75, 3.05) is 11.9 Å². The van der Waals surface area contributed by atoms with E-state index in [9.17, 15) is 4.79 Å². The Morgan fingerprint density at radius 1 is 1.02 bits per heavy atom. The number of nitrogens with one attached hydrogen (secondary N) is 2. The highest BCUT2D eigenvalue weighted by Gasteiger charge is 2.41. The molecule has 7 heteroatoms. The molecular weight excluding hydrogens is 514 g/mol. The zero-order chi connectivity index (χ0) is 27.6. The normalized spacial score (nSPS) is 19.6. The fourth-order valence-electron chi connectivity index (χ4n) is 6.76. The summed E-state index contributed by atoms with van der Waals surface area (Å²) in [6.07, 6.45) is 8.55. The van der Waals surface area contributed by atoms with Crippen LogP contribution in [-0.4, -0.2) is 32.0 Å². The van der Waals surface area contributed by atoms with Gasteiger partial charge in [0.05, 0.1) is 17.8 Å². The minimum Gasteiger partial charge on any atom is -0.352 e. The predicted molar refractivity (Wildman–Crippen MR) is 165 cm³/mol. The molecule has 206 valence electrons. The van der Waals surface area contributed by atoms with Crippen LogP contribution < -0.4 is 10.6 Å². The van der Waals surface area contributed by atoms with Gasteiger partial charge in [0.15, 0.2) is 5.11 Å². The summed E-state index contributed by atoms with van der Waals surface area (Å²) < 4.78 is 2.55. The Hall–Kier alpha value is -3.71. The quantitative estimate of drug-likeness (QED) is 0.239. The van der Waals surface area contributed by atoms with Crippen LogP contribution in [0, 0.1) is 13.8 Å². The number of amides is 1. The first-order valence-electron chi connectivity index (χ1n) is 14.5. The SMILES string of the molecule is Cc1cc([C@@H]2[C@@H](c3ccccn3)NC(=S)N2CCC(=O)Nc2cccc3ccccc23)c(C)n1C1CCCCC1. The van der Waals surface area contributed by atoms with Crippen LogP contribution in [0.1, 0.15) is 79.3 Å². The first kappa shape index (κ1) is 26.5. The summed E-state index contributed by atoms with van der Waals surface area (Å²) >= 11 is 5.90.